The van der Waals surface area contributed by atoms with Gasteiger partial charge in [0.15, 0.2) is 17.5 Å². The molecule has 666 valence electrons. The van der Waals surface area contributed by atoms with Gasteiger partial charge in [0.05, 0.1) is 66.9 Å². The summed E-state index contributed by atoms with van der Waals surface area (Å²) < 4.78 is 27.8. The first-order valence-corrected chi connectivity index (χ1v) is 48.0. The number of benzene rings is 19. The fourth-order valence-corrected chi connectivity index (χ4v) is 22.0. The highest BCUT2D eigenvalue weighted by Crippen LogP contribution is 2.52. The molecule has 13 heteroatoms. The van der Waals surface area contributed by atoms with Crippen molar-refractivity contribution in [3.05, 3.63) is 472 Å². The second kappa shape index (κ2) is 32.6. The van der Waals surface area contributed by atoms with E-state index in [2.05, 4.69) is 408 Å². The molecular weight excluding hydrogens is 1740 g/mol. The molecule has 0 radical (unpaired) electrons. The van der Waals surface area contributed by atoms with Crippen LogP contribution in [0.3, 0.4) is 0 Å². The lowest BCUT2D eigenvalue weighted by atomic mass is 9.82. The largest absolute Gasteiger partial charge is 0.456 e. The lowest BCUT2D eigenvalue weighted by Gasteiger charge is -2.21. The van der Waals surface area contributed by atoms with Crippen LogP contribution in [0.1, 0.15) is 25.0 Å². The minimum absolute atomic E-state index is 0.0816. The van der Waals surface area contributed by atoms with E-state index in [1.807, 2.05) is 84.9 Å². The molecule has 13 nitrogen and oxygen atoms in total. The lowest BCUT2D eigenvalue weighted by Crippen LogP contribution is -2.14. The zero-order chi connectivity index (χ0) is 93.8. The molecule has 10 heterocycles. The Bertz CT molecular complexity index is 10100. The molecule has 0 saturated heterocycles. The van der Waals surface area contributed by atoms with Gasteiger partial charge in [-0.3, -0.25) is 9.13 Å². The van der Waals surface area contributed by atoms with Crippen LogP contribution in [0.5, 0.6) is 0 Å². The monoisotopic (exact) mass is 1820 g/mol. The first kappa shape index (κ1) is 81.4. The number of para-hydroxylation sites is 9. The Morgan fingerprint density at radius 1 is 0.190 bits per heavy atom. The molecule has 0 atom stereocenters. The Hall–Kier alpha value is -19.0. The number of hydrogen-bond donors (Lipinski definition) is 0. The SMILES string of the molecule is CC1(C)c2ccccc2-c2cc3c(cc21)c1ccccc1n3-c1cc(-c2ccccc2)nc(-c2ccc3oc4ccccc4c3c2)n1.c1ccc(-c2cc(-n3c4ccccc4c4ccccc43)cc(-c3ccc4oc5ccccc5c4c3)n2)cc1.c1ccc(-c2ccc(-c3nc(-c4cccc5oc6ccccc6c45)nc(-n4c5ccccc5c5cc6c(cc54)c4ccccc4n6-c4ccccc4)n3)cc2)cc1. The molecule has 1 aliphatic rings. The lowest BCUT2D eigenvalue weighted by molar-refractivity contribution is 0.661. The van der Waals surface area contributed by atoms with Crippen LogP contribution in [0, 0.1) is 0 Å². The molecular formula is C129H82N10O3. The number of rotatable bonds is 11. The highest BCUT2D eigenvalue weighted by atomic mass is 16.3. The summed E-state index contributed by atoms with van der Waals surface area (Å²) in [6.07, 6.45) is 0. The van der Waals surface area contributed by atoms with Gasteiger partial charge in [0.2, 0.25) is 5.95 Å². The molecule has 0 spiro atoms. The number of fused-ring (bicyclic) bond motifs is 24. The Morgan fingerprint density at radius 2 is 0.577 bits per heavy atom. The van der Waals surface area contributed by atoms with Crippen LogP contribution < -0.4 is 0 Å². The Balaban J connectivity index is 0.000000106. The third-order valence-electron chi connectivity index (χ3n) is 28.6. The first-order valence-electron chi connectivity index (χ1n) is 48.0. The maximum atomic E-state index is 6.33. The topological polar surface area (TPSA) is 136 Å². The zero-order valence-corrected chi connectivity index (χ0v) is 77.1. The summed E-state index contributed by atoms with van der Waals surface area (Å²) in [6, 6.07) is 161. The van der Waals surface area contributed by atoms with Gasteiger partial charge < -0.3 is 22.4 Å². The van der Waals surface area contributed by atoms with E-state index in [0.29, 0.717) is 23.4 Å². The summed E-state index contributed by atoms with van der Waals surface area (Å²) in [5.41, 5.74) is 32.5. The van der Waals surface area contributed by atoms with Gasteiger partial charge in [0.1, 0.15) is 39.3 Å². The van der Waals surface area contributed by atoms with Crippen molar-refractivity contribution < 1.29 is 13.3 Å². The highest BCUT2D eigenvalue weighted by Gasteiger charge is 2.37. The molecule has 1 aliphatic carbocycles. The van der Waals surface area contributed by atoms with Crippen LogP contribution in [0.4, 0.5) is 0 Å². The van der Waals surface area contributed by atoms with Crippen LogP contribution in [0.2, 0.25) is 0 Å². The Morgan fingerprint density at radius 3 is 1.18 bits per heavy atom. The number of aromatic nitrogens is 10. The molecule has 29 aromatic rings. The van der Waals surface area contributed by atoms with E-state index in [4.69, 9.17) is 43.2 Å². The van der Waals surface area contributed by atoms with Gasteiger partial charge in [-0.25, -0.2) is 19.9 Å². The fraction of sp³-hybridized carbons (Fsp3) is 0.0233. The van der Waals surface area contributed by atoms with Crippen molar-refractivity contribution in [2.24, 2.45) is 0 Å². The van der Waals surface area contributed by atoms with E-state index in [9.17, 15) is 0 Å². The predicted octanol–water partition coefficient (Wildman–Crippen LogP) is 33.5. The average Bonchev–Trinajstić information content (AvgIpc) is 1.55. The van der Waals surface area contributed by atoms with Crippen molar-refractivity contribution in [3.63, 3.8) is 0 Å². The molecule has 142 heavy (non-hydrogen) atoms. The minimum atomic E-state index is -0.0816. The molecule has 10 aromatic heterocycles. The van der Waals surface area contributed by atoms with Crippen molar-refractivity contribution in [3.8, 4) is 113 Å². The van der Waals surface area contributed by atoms with Gasteiger partial charge in [-0.05, 0) is 173 Å². The molecule has 0 aliphatic heterocycles. The van der Waals surface area contributed by atoms with Gasteiger partial charge in [0, 0.05) is 126 Å². The van der Waals surface area contributed by atoms with Crippen LogP contribution in [-0.4, -0.2) is 48.2 Å². The Kier molecular flexibility index (Phi) is 18.7. The summed E-state index contributed by atoms with van der Waals surface area (Å²) in [5.74, 6) is 3.22. The standard InChI is InChI=1S/C51H31N5O.C43H29N3O.C35H22N2O/c1-3-14-32(15-4-1)33-26-28-34(29-27-33)49-52-50(39-21-13-25-47-48(39)38-20-9-12-24-46(38)57-47)54-51(53-49)56-43-23-11-8-19-37(43)41-30-44-40(31-45(41)56)36-18-7-10-22-42(36)55(44)35-16-5-2-6-17-35;1-43(2)34-17-9-6-14-28(34)31-24-38-32(23-35(31)43)29-15-7-10-18-37(29)46(38)41-25-36(26-12-4-3-5-13-26)44-42(45-41)27-20-21-40-33(22-27)30-16-8-11-19-39(30)47-40;1-2-10-23(11-3-1)30-21-25(37-32-15-7-4-12-26(32)27-13-5-8-16-33(27)37)22-31(36-30)24-18-19-35-29(20-24)28-14-6-9-17-34(28)38-35/h1-31H;3-25H,1-2H3;1-22H. The van der Waals surface area contributed by atoms with Crippen molar-refractivity contribution in [1.82, 2.24) is 48.2 Å². The summed E-state index contributed by atoms with van der Waals surface area (Å²) in [6.45, 7) is 4.68. The third-order valence-corrected chi connectivity index (χ3v) is 28.6. The second-order valence-corrected chi connectivity index (χ2v) is 37.1. The molecule has 19 aromatic carbocycles. The van der Waals surface area contributed by atoms with E-state index < -0.39 is 0 Å². The summed E-state index contributed by atoms with van der Waals surface area (Å²) in [7, 11) is 0. The fourth-order valence-electron chi connectivity index (χ4n) is 22.0. The van der Waals surface area contributed by atoms with E-state index in [-0.39, 0.29) is 5.41 Å². The quantitative estimate of drug-likeness (QED) is 0.124. The summed E-state index contributed by atoms with van der Waals surface area (Å²) >= 11 is 0. The van der Waals surface area contributed by atoms with Gasteiger partial charge in [-0.1, -0.05) is 329 Å². The van der Waals surface area contributed by atoms with E-state index in [1.54, 1.807) is 0 Å². The minimum Gasteiger partial charge on any atom is -0.456 e. The van der Waals surface area contributed by atoms with Crippen LogP contribution in [-0.2, 0) is 5.41 Å². The molecule has 0 fully saturated rings. The second-order valence-electron chi connectivity index (χ2n) is 37.1. The summed E-state index contributed by atoms with van der Waals surface area (Å²) in [4.78, 5) is 31.6. The zero-order valence-electron chi connectivity index (χ0n) is 77.1. The van der Waals surface area contributed by atoms with E-state index in [1.165, 1.54) is 60.2 Å². The number of hydrogen-bond acceptors (Lipinski definition) is 9. The summed E-state index contributed by atoms with van der Waals surface area (Å²) in [5, 5.41) is 15.9. The van der Waals surface area contributed by atoms with Gasteiger partial charge in [-0.15, -0.1) is 0 Å². The molecule has 0 bridgehead atoms. The number of pyridine rings is 1. The predicted molar refractivity (Wildman–Crippen MR) is 581 cm³/mol. The van der Waals surface area contributed by atoms with Crippen molar-refractivity contribution in [2.45, 2.75) is 19.3 Å². The Labute approximate surface area is 813 Å². The van der Waals surface area contributed by atoms with Crippen LogP contribution in [0.25, 0.3) is 266 Å². The van der Waals surface area contributed by atoms with Gasteiger partial charge in [-0.2, -0.15) is 9.97 Å². The van der Waals surface area contributed by atoms with E-state index >= 15 is 0 Å². The molecule has 0 N–H and O–H groups in total. The van der Waals surface area contributed by atoms with Gasteiger partial charge in [0.25, 0.3) is 0 Å². The van der Waals surface area contributed by atoms with Crippen LogP contribution >= 0.6 is 0 Å². The van der Waals surface area contributed by atoms with E-state index in [0.717, 1.165) is 194 Å². The van der Waals surface area contributed by atoms with Crippen molar-refractivity contribution in [1.29, 1.82) is 0 Å². The maximum absolute atomic E-state index is 6.33. The molecule has 30 rings (SSSR count). The average molecular weight is 1820 g/mol. The van der Waals surface area contributed by atoms with Gasteiger partial charge >= 0.3 is 0 Å². The third kappa shape index (κ3) is 13.3. The number of nitrogens with zero attached hydrogens (tertiary/aromatic N) is 10. The smallest absolute Gasteiger partial charge is 0.238 e. The molecule has 0 unspecified atom stereocenters. The number of furan rings is 3. The van der Waals surface area contributed by atoms with Crippen LogP contribution in [0.15, 0.2) is 474 Å². The highest BCUT2D eigenvalue weighted by molar-refractivity contribution is 6.20. The normalized spacial score (nSPS) is 12.4. The molecule has 0 amide bonds. The van der Waals surface area contributed by atoms with Crippen molar-refractivity contribution in [2.75, 3.05) is 0 Å². The van der Waals surface area contributed by atoms with Crippen molar-refractivity contribution >= 4 is 153 Å². The first-order chi connectivity index (χ1) is 70.1. The molecule has 0 saturated carbocycles. The maximum Gasteiger partial charge on any atom is 0.238 e.